The molecular formula is C31H20N4O2. The monoisotopic (exact) mass is 480 g/mol. The first-order valence-corrected chi connectivity index (χ1v) is 12.3. The molecule has 6 nitrogen and oxygen atoms in total. The van der Waals surface area contributed by atoms with Crippen LogP contribution in [-0.2, 0) is 6.42 Å². The van der Waals surface area contributed by atoms with E-state index >= 15 is 0 Å². The number of benzene rings is 3. The molecule has 3 aromatic heterocycles. The maximum absolute atomic E-state index is 6.06. The molecule has 1 aliphatic carbocycles. The first-order valence-electron chi connectivity index (χ1n) is 12.3. The summed E-state index contributed by atoms with van der Waals surface area (Å²) >= 11 is 0. The maximum atomic E-state index is 6.06. The summed E-state index contributed by atoms with van der Waals surface area (Å²) in [6.07, 6.45) is 4.28. The molecule has 4 heterocycles. The average Bonchev–Trinajstić information content (AvgIpc) is 3.64. The van der Waals surface area contributed by atoms with Crippen molar-refractivity contribution in [2.75, 3.05) is 4.90 Å². The van der Waals surface area contributed by atoms with E-state index in [9.17, 15) is 0 Å². The van der Waals surface area contributed by atoms with Gasteiger partial charge in [0.1, 0.15) is 5.76 Å². The van der Waals surface area contributed by atoms with E-state index in [1.54, 1.807) is 12.5 Å². The smallest absolute Gasteiger partial charge is 0.234 e. The van der Waals surface area contributed by atoms with Crippen LogP contribution in [0.1, 0.15) is 17.2 Å². The highest BCUT2D eigenvalue weighted by Crippen LogP contribution is 2.54. The van der Waals surface area contributed by atoms with Gasteiger partial charge in [-0.05, 0) is 11.6 Å². The van der Waals surface area contributed by atoms with Gasteiger partial charge in [-0.1, -0.05) is 78.9 Å². The summed E-state index contributed by atoms with van der Waals surface area (Å²) in [7, 11) is 0. The van der Waals surface area contributed by atoms with Gasteiger partial charge in [-0.25, -0.2) is 4.98 Å². The Morgan fingerprint density at radius 3 is 1.95 bits per heavy atom. The number of nitrogens with zero attached hydrogens (tertiary/aromatic N) is 4. The van der Waals surface area contributed by atoms with Crippen LogP contribution in [0.4, 0.5) is 11.6 Å². The standard InChI is InChI=1S/C31H20N4O2/c1-3-8-19(9-4-1)29-32-30(20-10-5-2-6-11-20)34-31(33-29)35-24-15-17-37-28(24)23-13-7-12-22-26(23)25(35)18-21-14-16-36-27(21)22/h1-17,25H,18H2. The molecule has 0 N–H and O–H groups in total. The third kappa shape index (κ3) is 3.02. The molecule has 0 radical (unpaired) electrons. The Bertz CT molecular complexity index is 1700. The van der Waals surface area contributed by atoms with Gasteiger partial charge in [0.25, 0.3) is 0 Å². The van der Waals surface area contributed by atoms with E-state index in [-0.39, 0.29) is 6.04 Å². The number of furan rings is 2. The molecule has 37 heavy (non-hydrogen) atoms. The number of anilines is 2. The highest BCUT2D eigenvalue weighted by Gasteiger charge is 2.41. The highest BCUT2D eigenvalue weighted by atomic mass is 16.3. The van der Waals surface area contributed by atoms with Crippen LogP contribution in [0, 0.1) is 0 Å². The van der Waals surface area contributed by atoms with Crippen molar-refractivity contribution in [2.45, 2.75) is 12.5 Å². The average molecular weight is 481 g/mol. The van der Waals surface area contributed by atoms with Crippen LogP contribution in [-0.4, -0.2) is 15.0 Å². The van der Waals surface area contributed by atoms with Crippen LogP contribution >= 0.6 is 0 Å². The van der Waals surface area contributed by atoms with Crippen LogP contribution < -0.4 is 4.90 Å². The Morgan fingerprint density at radius 2 is 1.24 bits per heavy atom. The van der Waals surface area contributed by atoms with Crippen molar-refractivity contribution >= 4 is 11.6 Å². The molecule has 0 amide bonds. The largest absolute Gasteiger partial charge is 0.464 e. The molecule has 176 valence electrons. The summed E-state index contributed by atoms with van der Waals surface area (Å²) in [5.41, 5.74) is 7.35. The number of hydrogen-bond acceptors (Lipinski definition) is 6. The fourth-order valence-electron chi connectivity index (χ4n) is 5.60. The first kappa shape index (κ1) is 20.2. The molecule has 0 spiro atoms. The Balaban J connectivity index is 1.39. The lowest BCUT2D eigenvalue weighted by atomic mass is 9.80. The van der Waals surface area contributed by atoms with Crippen molar-refractivity contribution in [3.63, 3.8) is 0 Å². The van der Waals surface area contributed by atoms with Crippen LogP contribution in [0.5, 0.6) is 0 Å². The molecule has 8 rings (SSSR count). The minimum absolute atomic E-state index is 0.0175. The fourth-order valence-corrected chi connectivity index (χ4v) is 5.60. The molecule has 0 saturated heterocycles. The van der Waals surface area contributed by atoms with Crippen molar-refractivity contribution in [3.8, 4) is 45.4 Å². The van der Waals surface area contributed by atoms with Gasteiger partial charge in [-0.3, -0.25) is 4.90 Å². The molecular weight excluding hydrogens is 460 g/mol. The summed E-state index contributed by atoms with van der Waals surface area (Å²) < 4.78 is 12.0. The van der Waals surface area contributed by atoms with Crippen LogP contribution in [0.25, 0.3) is 45.4 Å². The molecule has 0 saturated carbocycles. The number of hydrogen-bond donors (Lipinski definition) is 0. The third-order valence-electron chi connectivity index (χ3n) is 7.21. The Kier molecular flexibility index (Phi) is 4.25. The lowest BCUT2D eigenvalue weighted by Gasteiger charge is -2.39. The third-order valence-corrected chi connectivity index (χ3v) is 7.21. The van der Waals surface area contributed by atoms with E-state index < -0.39 is 0 Å². The van der Waals surface area contributed by atoms with Crippen LogP contribution in [0.15, 0.2) is 112 Å². The van der Waals surface area contributed by atoms with Gasteiger partial charge in [0, 0.05) is 40.3 Å². The second-order valence-corrected chi connectivity index (χ2v) is 9.28. The molecule has 0 fully saturated rings. The molecule has 3 aromatic carbocycles. The van der Waals surface area contributed by atoms with E-state index in [4.69, 9.17) is 23.8 Å². The van der Waals surface area contributed by atoms with Gasteiger partial charge in [0.2, 0.25) is 5.95 Å². The summed E-state index contributed by atoms with van der Waals surface area (Å²) in [4.78, 5) is 17.2. The first-order chi connectivity index (χ1) is 18.3. The molecule has 2 aliphatic rings. The topological polar surface area (TPSA) is 68.2 Å². The van der Waals surface area contributed by atoms with Crippen molar-refractivity contribution in [1.82, 2.24) is 15.0 Å². The van der Waals surface area contributed by atoms with Gasteiger partial charge in [-0.2, -0.15) is 9.97 Å². The Hall–Kier alpha value is -4.97. The predicted molar refractivity (Wildman–Crippen MR) is 141 cm³/mol. The maximum Gasteiger partial charge on any atom is 0.234 e. The zero-order chi connectivity index (χ0) is 24.3. The summed E-state index contributed by atoms with van der Waals surface area (Å²) in [5, 5.41) is 0. The van der Waals surface area contributed by atoms with E-state index in [0.29, 0.717) is 17.6 Å². The van der Waals surface area contributed by atoms with Gasteiger partial charge in [0.05, 0.1) is 24.3 Å². The van der Waals surface area contributed by atoms with E-state index in [2.05, 4.69) is 29.2 Å². The van der Waals surface area contributed by atoms with Crippen molar-refractivity contribution in [1.29, 1.82) is 0 Å². The number of rotatable bonds is 3. The highest BCUT2D eigenvalue weighted by molar-refractivity contribution is 5.90. The van der Waals surface area contributed by atoms with Gasteiger partial charge in [-0.15, -0.1) is 0 Å². The van der Waals surface area contributed by atoms with Crippen molar-refractivity contribution in [2.24, 2.45) is 0 Å². The molecule has 6 heteroatoms. The van der Waals surface area contributed by atoms with Crippen molar-refractivity contribution < 1.29 is 8.83 Å². The van der Waals surface area contributed by atoms with E-state index in [0.717, 1.165) is 45.9 Å². The molecule has 1 unspecified atom stereocenters. The quantitative estimate of drug-likeness (QED) is 0.262. The van der Waals surface area contributed by atoms with Crippen molar-refractivity contribution in [3.05, 3.63) is 115 Å². The van der Waals surface area contributed by atoms with Crippen LogP contribution in [0.2, 0.25) is 0 Å². The van der Waals surface area contributed by atoms with Gasteiger partial charge < -0.3 is 8.83 Å². The zero-order valence-electron chi connectivity index (χ0n) is 19.7. The Morgan fingerprint density at radius 1 is 0.622 bits per heavy atom. The minimum Gasteiger partial charge on any atom is -0.464 e. The second-order valence-electron chi connectivity index (χ2n) is 9.28. The Labute approximate surface area is 212 Å². The lowest BCUT2D eigenvalue weighted by molar-refractivity contribution is 0.555. The van der Waals surface area contributed by atoms with Gasteiger partial charge in [0.15, 0.2) is 17.4 Å². The second kappa shape index (κ2) is 7.77. The summed E-state index contributed by atoms with van der Waals surface area (Å²) in [6, 6.07) is 30.5. The summed E-state index contributed by atoms with van der Waals surface area (Å²) in [6.45, 7) is 0. The number of fused-ring (bicyclic) bond motifs is 4. The van der Waals surface area contributed by atoms with Gasteiger partial charge >= 0.3 is 0 Å². The SMILES string of the molecule is c1ccc(-c2nc(-c3ccccc3)nc(N3c4ccoc4-c4cccc5c4C3Cc3ccoc3-5)n2)cc1. The number of aromatic nitrogens is 3. The molecule has 1 aliphatic heterocycles. The molecule has 0 bridgehead atoms. The van der Waals surface area contributed by atoms with E-state index in [1.807, 2.05) is 66.7 Å². The summed E-state index contributed by atoms with van der Waals surface area (Å²) in [5.74, 6) is 3.59. The fraction of sp³-hybridized carbons (Fsp3) is 0.0645. The zero-order valence-corrected chi connectivity index (χ0v) is 19.7. The van der Waals surface area contributed by atoms with E-state index in [1.165, 1.54) is 11.1 Å². The van der Waals surface area contributed by atoms with Crippen LogP contribution in [0.3, 0.4) is 0 Å². The minimum atomic E-state index is -0.0175. The lowest BCUT2D eigenvalue weighted by Crippen LogP contribution is -2.32. The molecule has 6 aromatic rings. The normalized spacial score (nSPS) is 15.1. The molecule has 1 atom stereocenters. The predicted octanol–water partition coefficient (Wildman–Crippen LogP) is 7.47.